The molecule has 1 fully saturated rings. The van der Waals surface area contributed by atoms with Crippen LogP contribution in [-0.2, 0) is 9.59 Å². The summed E-state index contributed by atoms with van der Waals surface area (Å²) >= 11 is 12.1. The van der Waals surface area contributed by atoms with Crippen LogP contribution in [0.2, 0.25) is 4.34 Å². The van der Waals surface area contributed by atoms with Gasteiger partial charge in [-0.15, -0.1) is 11.3 Å². The number of benzene rings is 1. The Morgan fingerprint density at radius 1 is 1.17 bits per heavy atom. The van der Waals surface area contributed by atoms with Gasteiger partial charge >= 0.3 is 0 Å². The fourth-order valence-electron chi connectivity index (χ4n) is 2.03. The summed E-state index contributed by atoms with van der Waals surface area (Å²) in [7, 11) is 0. The fraction of sp³-hybridized carbons (Fsp3) is 0. The highest BCUT2D eigenvalue weighted by atomic mass is 35.5. The van der Waals surface area contributed by atoms with Crippen LogP contribution in [0.5, 0.6) is 0 Å². The number of anilines is 1. The second-order valence-corrected chi connectivity index (χ2v) is 6.71. The molecule has 0 unspecified atom stereocenters. The lowest BCUT2D eigenvalue weighted by Gasteiger charge is -2.28. The highest BCUT2D eigenvalue weighted by Crippen LogP contribution is 2.26. The standard InChI is InChI=1S/C15H8ClFN2O2S2/c16-12-6-5-10(23-12)7-11-13(20)18-15(22)19(14(11)21)9-3-1-8(17)2-4-9/h1-7H,(H,18,20,22)/b11-7-. The van der Waals surface area contributed by atoms with Gasteiger partial charge in [0.15, 0.2) is 5.11 Å². The topological polar surface area (TPSA) is 49.4 Å². The molecule has 1 aliphatic heterocycles. The molecule has 2 aromatic rings. The van der Waals surface area contributed by atoms with E-state index in [1.54, 1.807) is 12.1 Å². The van der Waals surface area contributed by atoms with Crippen molar-refractivity contribution in [1.29, 1.82) is 0 Å². The predicted molar refractivity (Wildman–Crippen MR) is 91.9 cm³/mol. The first-order chi connectivity index (χ1) is 11.0. The Kier molecular flexibility index (Phi) is 4.25. The van der Waals surface area contributed by atoms with Crippen molar-refractivity contribution >= 4 is 63.8 Å². The van der Waals surface area contributed by atoms with E-state index in [0.29, 0.717) is 14.9 Å². The average Bonchev–Trinajstić information content (AvgIpc) is 2.91. The van der Waals surface area contributed by atoms with Gasteiger partial charge in [-0.25, -0.2) is 4.39 Å². The number of nitrogens with zero attached hydrogens (tertiary/aromatic N) is 1. The monoisotopic (exact) mass is 366 g/mol. The lowest BCUT2D eigenvalue weighted by atomic mass is 10.1. The van der Waals surface area contributed by atoms with Crippen molar-refractivity contribution in [2.75, 3.05) is 4.90 Å². The van der Waals surface area contributed by atoms with Gasteiger partial charge in [-0.05, 0) is 54.7 Å². The molecule has 3 rings (SSSR count). The smallest absolute Gasteiger partial charge is 0.270 e. The molecule has 2 amide bonds. The molecule has 0 atom stereocenters. The zero-order chi connectivity index (χ0) is 16.6. The highest BCUT2D eigenvalue weighted by Gasteiger charge is 2.34. The van der Waals surface area contributed by atoms with Gasteiger partial charge < -0.3 is 0 Å². The maximum absolute atomic E-state index is 13.0. The van der Waals surface area contributed by atoms with Crippen LogP contribution in [0.15, 0.2) is 42.0 Å². The number of nitrogens with one attached hydrogen (secondary N) is 1. The molecule has 2 heterocycles. The molecule has 0 aliphatic carbocycles. The van der Waals surface area contributed by atoms with E-state index in [9.17, 15) is 14.0 Å². The van der Waals surface area contributed by atoms with E-state index in [2.05, 4.69) is 5.32 Å². The van der Waals surface area contributed by atoms with Crippen LogP contribution in [0.25, 0.3) is 6.08 Å². The largest absolute Gasteiger partial charge is 0.298 e. The lowest BCUT2D eigenvalue weighted by molar-refractivity contribution is -0.122. The van der Waals surface area contributed by atoms with Gasteiger partial charge in [0.05, 0.1) is 10.0 Å². The number of hydrogen-bond acceptors (Lipinski definition) is 4. The zero-order valence-corrected chi connectivity index (χ0v) is 13.8. The number of thiophene rings is 1. The SMILES string of the molecule is O=C1NC(=S)N(c2ccc(F)cc2)C(=O)/C1=C\c1ccc(Cl)s1. The normalized spacial score (nSPS) is 16.9. The maximum atomic E-state index is 13.0. The Labute approximate surface area is 145 Å². The first-order valence-corrected chi connectivity index (χ1v) is 7.98. The molecule has 1 saturated heterocycles. The van der Waals surface area contributed by atoms with Crippen LogP contribution in [0, 0.1) is 5.82 Å². The van der Waals surface area contributed by atoms with Crippen LogP contribution in [0.1, 0.15) is 4.88 Å². The number of carbonyl (C=O) groups excluding carboxylic acids is 2. The third kappa shape index (κ3) is 3.17. The van der Waals surface area contributed by atoms with Gasteiger partial charge in [0.2, 0.25) is 0 Å². The molecule has 1 aromatic carbocycles. The molecule has 23 heavy (non-hydrogen) atoms. The van der Waals surface area contributed by atoms with Crippen LogP contribution in [-0.4, -0.2) is 16.9 Å². The molecule has 0 spiro atoms. The summed E-state index contributed by atoms with van der Waals surface area (Å²) in [6.45, 7) is 0. The number of halogens is 2. The summed E-state index contributed by atoms with van der Waals surface area (Å²) in [5, 5.41) is 2.41. The van der Waals surface area contributed by atoms with Gasteiger partial charge in [0.25, 0.3) is 11.8 Å². The first kappa shape index (κ1) is 15.8. The highest BCUT2D eigenvalue weighted by molar-refractivity contribution is 7.80. The van der Waals surface area contributed by atoms with E-state index in [1.165, 1.54) is 41.7 Å². The van der Waals surface area contributed by atoms with E-state index in [4.69, 9.17) is 23.8 Å². The minimum Gasteiger partial charge on any atom is -0.298 e. The van der Waals surface area contributed by atoms with Gasteiger partial charge in [0, 0.05) is 4.88 Å². The second-order valence-electron chi connectivity index (χ2n) is 4.58. The molecular weight excluding hydrogens is 359 g/mol. The summed E-state index contributed by atoms with van der Waals surface area (Å²) in [5.74, 6) is -1.59. The van der Waals surface area contributed by atoms with Gasteiger partial charge in [-0.3, -0.25) is 19.8 Å². The molecule has 0 radical (unpaired) electrons. The van der Waals surface area contributed by atoms with Crippen LogP contribution in [0.4, 0.5) is 10.1 Å². The number of thiocarbonyl (C=S) groups is 1. The first-order valence-electron chi connectivity index (χ1n) is 6.38. The van der Waals surface area contributed by atoms with E-state index >= 15 is 0 Å². The molecule has 1 N–H and O–H groups in total. The molecule has 1 aliphatic rings. The average molecular weight is 367 g/mol. The Hall–Kier alpha value is -2.09. The van der Waals surface area contributed by atoms with Crippen molar-refractivity contribution in [1.82, 2.24) is 5.32 Å². The zero-order valence-electron chi connectivity index (χ0n) is 11.4. The van der Waals surface area contributed by atoms with Crippen molar-refractivity contribution in [2.24, 2.45) is 0 Å². The Balaban J connectivity index is 2.00. The summed E-state index contributed by atoms with van der Waals surface area (Å²) in [4.78, 5) is 26.5. The van der Waals surface area contributed by atoms with E-state index in [1.807, 2.05) is 0 Å². The maximum Gasteiger partial charge on any atom is 0.270 e. The fourth-order valence-corrected chi connectivity index (χ4v) is 3.32. The van der Waals surface area contributed by atoms with Crippen molar-refractivity contribution in [3.05, 3.63) is 57.0 Å². The molecule has 116 valence electrons. The summed E-state index contributed by atoms with van der Waals surface area (Å²) in [5.41, 5.74) is 0.304. The molecule has 1 aromatic heterocycles. The van der Waals surface area contributed by atoms with E-state index < -0.39 is 17.6 Å². The predicted octanol–water partition coefficient (Wildman–Crippen LogP) is 3.37. The lowest BCUT2D eigenvalue weighted by Crippen LogP contribution is -2.54. The van der Waals surface area contributed by atoms with Crippen molar-refractivity contribution in [3.63, 3.8) is 0 Å². The number of carbonyl (C=O) groups is 2. The van der Waals surface area contributed by atoms with Gasteiger partial charge in [-0.2, -0.15) is 0 Å². The quantitative estimate of drug-likeness (QED) is 0.503. The molecule has 4 nitrogen and oxygen atoms in total. The molecular formula is C15H8ClFN2O2S2. The Bertz CT molecular complexity index is 845. The van der Waals surface area contributed by atoms with Gasteiger partial charge in [-0.1, -0.05) is 11.6 Å². The second kappa shape index (κ2) is 6.19. The van der Waals surface area contributed by atoms with Crippen LogP contribution in [0.3, 0.4) is 0 Å². The molecule has 8 heteroatoms. The van der Waals surface area contributed by atoms with E-state index in [0.717, 1.165) is 4.90 Å². The number of rotatable bonds is 2. The van der Waals surface area contributed by atoms with Crippen molar-refractivity contribution in [2.45, 2.75) is 0 Å². The van der Waals surface area contributed by atoms with Crippen molar-refractivity contribution < 1.29 is 14.0 Å². The van der Waals surface area contributed by atoms with Crippen molar-refractivity contribution in [3.8, 4) is 0 Å². The van der Waals surface area contributed by atoms with Crippen LogP contribution >= 0.6 is 35.2 Å². The summed E-state index contributed by atoms with van der Waals surface area (Å²) in [6.07, 6.45) is 1.45. The van der Waals surface area contributed by atoms with Crippen LogP contribution < -0.4 is 10.2 Å². The third-order valence-corrected chi connectivity index (χ3v) is 4.53. The minimum atomic E-state index is -0.581. The minimum absolute atomic E-state index is 0.0482. The Morgan fingerprint density at radius 3 is 2.48 bits per heavy atom. The third-order valence-electron chi connectivity index (χ3n) is 3.07. The number of hydrogen-bond donors (Lipinski definition) is 1. The number of amides is 2. The summed E-state index contributed by atoms with van der Waals surface area (Å²) < 4.78 is 13.6. The Morgan fingerprint density at radius 2 is 1.87 bits per heavy atom. The van der Waals surface area contributed by atoms with Gasteiger partial charge in [0.1, 0.15) is 11.4 Å². The molecule has 0 saturated carbocycles. The summed E-state index contributed by atoms with van der Waals surface area (Å²) in [6, 6.07) is 8.63. The molecule has 0 bridgehead atoms. The van der Waals surface area contributed by atoms with E-state index in [-0.39, 0.29) is 10.7 Å².